The summed E-state index contributed by atoms with van der Waals surface area (Å²) < 4.78 is 0. The van der Waals surface area contributed by atoms with Crippen molar-refractivity contribution in [2.24, 2.45) is 23.2 Å². The molecule has 0 amide bonds. The first-order chi connectivity index (χ1) is 6.46. The van der Waals surface area contributed by atoms with Gasteiger partial charge in [0.2, 0.25) is 0 Å². The van der Waals surface area contributed by atoms with Crippen LogP contribution in [-0.4, -0.2) is 16.9 Å². The lowest BCUT2D eigenvalue weighted by Gasteiger charge is -2.51. The number of hydrogen-bond donors (Lipinski definition) is 1. The molecule has 0 aromatic heterocycles. The highest BCUT2D eigenvalue weighted by Gasteiger charge is 2.55. The third kappa shape index (κ3) is 1.11. The summed E-state index contributed by atoms with van der Waals surface area (Å²) >= 11 is 0. The van der Waals surface area contributed by atoms with Gasteiger partial charge in [0.25, 0.3) is 0 Å². The zero-order chi connectivity index (χ0) is 10.5. The number of carbonyl (C=O) groups excluding carboxylic acids is 1. The predicted octanol–water partition coefficient (Wildman–Crippen LogP) is 1.71. The van der Waals surface area contributed by atoms with E-state index >= 15 is 0 Å². The maximum absolute atomic E-state index is 11.6. The highest BCUT2D eigenvalue weighted by molar-refractivity contribution is 5.87. The smallest absolute Gasteiger partial charge is 0.307 e. The molecule has 0 saturated heterocycles. The van der Waals surface area contributed by atoms with E-state index in [-0.39, 0.29) is 29.0 Å². The lowest BCUT2D eigenvalue weighted by molar-refractivity contribution is -0.163. The zero-order valence-electron chi connectivity index (χ0n) is 8.62. The van der Waals surface area contributed by atoms with Gasteiger partial charge in [-0.2, -0.15) is 0 Å². The molecule has 3 aliphatic rings. The molecule has 3 saturated carbocycles. The van der Waals surface area contributed by atoms with E-state index in [1.165, 1.54) is 0 Å². The second kappa shape index (κ2) is 2.81. The van der Waals surface area contributed by atoms with Gasteiger partial charge in [-0.05, 0) is 24.2 Å². The number of carboxylic acids is 1. The first kappa shape index (κ1) is 9.69. The quantitative estimate of drug-likeness (QED) is 0.694. The molecule has 0 aromatic rings. The van der Waals surface area contributed by atoms with Crippen LogP contribution in [0.5, 0.6) is 0 Å². The number of fused-ring (bicyclic) bond motifs is 3. The lowest BCUT2D eigenvalue weighted by atomic mass is 9.51. The molecule has 3 fully saturated rings. The van der Waals surface area contributed by atoms with Crippen molar-refractivity contribution in [1.29, 1.82) is 0 Å². The summed E-state index contributed by atoms with van der Waals surface area (Å²) in [5.74, 6) is -0.731. The van der Waals surface area contributed by atoms with Crippen LogP contribution in [0.4, 0.5) is 0 Å². The third-order valence-corrected chi connectivity index (χ3v) is 4.20. The van der Waals surface area contributed by atoms with Crippen LogP contribution in [0.3, 0.4) is 0 Å². The van der Waals surface area contributed by atoms with Crippen molar-refractivity contribution in [1.82, 2.24) is 0 Å². The molecule has 0 radical (unpaired) electrons. The Labute approximate surface area is 83.5 Å². The summed E-state index contributed by atoms with van der Waals surface area (Å²) in [6.07, 6.45) is 2.25. The summed E-state index contributed by atoms with van der Waals surface area (Å²) in [6.45, 7) is 3.87. The lowest BCUT2D eigenvalue weighted by Crippen LogP contribution is -2.53. The van der Waals surface area contributed by atoms with E-state index in [0.29, 0.717) is 6.42 Å². The van der Waals surface area contributed by atoms with Gasteiger partial charge in [-0.3, -0.25) is 9.59 Å². The van der Waals surface area contributed by atoms with Gasteiger partial charge in [0.05, 0.1) is 5.92 Å². The summed E-state index contributed by atoms with van der Waals surface area (Å²) in [6, 6.07) is 0. The topological polar surface area (TPSA) is 54.4 Å². The van der Waals surface area contributed by atoms with Crippen LogP contribution in [0.1, 0.15) is 33.1 Å². The Morgan fingerprint density at radius 1 is 1.57 bits per heavy atom. The molecule has 0 unspecified atom stereocenters. The van der Waals surface area contributed by atoms with Crippen LogP contribution in [-0.2, 0) is 9.59 Å². The van der Waals surface area contributed by atoms with Crippen molar-refractivity contribution in [3.8, 4) is 0 Å². The molecule has 4 atom stereocenters. The largest absolute Gasteiger partial charge is 0.481 e. The summed E-state index contributed by atoms with van der Waals surface area (Å²) in [7, 11) is 0. The second-order valence-electron chi connectivity index (χ2n) is 5.12. The van der Waals surface area contributed by atoms with E-state index in [2.05, 4.69) is 0 Å². The fourth-order valence-electron chi connectivity index (χ4n) is 3.48. The summed E-state index contributed by atoms with van der Waals surface area (Å²) in [5, 5.41) is 9.17. The van der Waals surface area contributed by atoms with Crippen molar-refractivity contribution in [3.63, 3.8) is 0 Å². The molecule has 3 aliphatic carbocycles. The van der Waals surface area contributed by atoms with Gasteiger partial charge in [0.15, 0.2) is 0 Å². The fraction of sp³-hybridized carbons (Fsp3) is 0.818. The maximum atomic E-state index is 11.6. The van der Waals surface area contributed by atoms with E-state index in [4.69, 9.17) is 0 Å². The number of ketones is 1. The normalized spacial score (nSPS) is 46.7. The molecule has 0 aliphatic heterocycles. The van der Waals surface area contributed by atoms with Crippen molar-refractivity contribution < 1.29 is 14.7 Å². The number of hydrogen-bond acceptors (Lipinski definition) is 2. The average molecular weight is 196 g/mol. The first-order valence-corrected chi connectivity index (χ1v) is 5.21. The van der Waals surface area contributed by atoms with Crippen LogP contribution < -0.4 is 0 Å². The first-order valence-electron chi connectivity index (χ1n) is 5.21. The monoisotopic (exact) mass is 196 g/mol. The van der Waals surface area contributed by atoms with E-state index in [0.717, 1.165) is 12.8 Å². The number of aliphatic carboxylic acids is 1. The number of carbonyl (C=O) groups is 2. The molecule has 2 bridgehead atoms. The molecule has 0 spiro atoms. The molecule has 3 nitrogen and oxygen atoms in total. The number of rotatable bonds is 1. The fourth-order valence-corrected chi connectivity index (χ4v) is 3.48. The Kier molecular flexibility index (Phi) is 1.95. The number of carboxylic acid groups (broad SMARTS) is 1. The molecule has 3 rings (SSSR count). The van der Waals surface area contributed by atoms with Crippen molar-refractivity contribution in [2.45, 2.75) is 33.1 Å². The molecule has 0 heterocycles. The predicted molar refractivity (Wildman–Crippen MR) is 50.7 cm³/mol. The Hall–Kier alpha value is -0.860. The van der Waals surface area contributed by atoms with Crippen LogP contribution >= 0.6 is 0 Å². The SMILES string of the molecule is C[C@@H]1[C@H]2CC[C@@](C)(CC2=O)[C@H]1C(=O)O. The van der Waals surface area contributed by atoms with Gasteiger partial charge in [-0.1, -0.05) is 13.8 Å². The maximum Gasteiger partial charge on any atom is 0.307 e. The minimum absolute atomic E-state index is 0.0120. The average Bonchev–Trinajstić information content (AvgIpc) is 2.00. The van der Waals surface area contributed by atoms with Crippen molar-refractivity contribution in [3.05, 3.63) is 0 Å². The molecule has 78 valence electrons. The van der Waals surface area contributed by atoms with Crippen LogP contribution in [0.2, 0.25) is 0 Å². The Morgan fingerprint density at radius 3 is 2.64 bits per heavy atom. The van der Waals surface area contributed by atoms with E-state index in [1.807, 2.05) is 13.8 Å². The van der Waals surface area contributed by atoms with Gasteiger partial charge >= 0.3 is 5.97 Å². The van der Waals surface area contributed by atoms with Crippen LogP contribution in [0.15, 0.2) is 0 Å². The minimum atomic E-state index is -0.725. The Balaban J connectivity index is 2.37. The summed E-state index contributed by atoms with van der Waals surface area (Å²) in [4.78, 5) is 22.8. The number of Topliss-reactive ketones (excluding diaryl/α,β-unsaturated/α-hetero) is 1. The molecular weight excluding hydrogens is 180 g/mol. The standard InChI is InChI=1S/C11H16O3/c1-6-7-3-4-11(2,5-8(7)12)9(6)10(13)14/h6-7,9H,3-5H2,1-2H3,(H,13,14)/t6-,7-,9-,11+/m1/s1. The highest BCUT2D eigenvalue weighted by atomic mass is 16.4. The van der Waals surface area contributed by atoms with Gasteiger partial charge in [0.1, 0.15) is 5.78 Å². The van der Waals surface area contributed by atoms with Gasteiger partial charge < -0.3 is 5.11 Å². The van der Waals surface area contributed by atoms with E-state index < -0.39 is 5.97 Å². The van der Waals surface area contributed by atoms with Crippen molar-refractivity contribution >= 4 is 11.8 Å². The molecule has 1 N–H and O–H groups in total. The van der Waals surface area contributed by atoms with Crippen LogP contribution in [0, 0.1) is 23.2 Å². The molecular formula is C11H16O3. The van der Waals surface area contributed by atoms with Crippen molar-refractivity contribution in [2.75, 3.05) is 0 Å². The van der Waals surface area contributed by atoms with E-state index in [1.54, 1.807) is 0 Å². The van der Waals surface area contributed by atoms with Gasteiger partial charge in [-0.15, -0.1) is 0 Å². The van der Waals surface area contributed by atoms with E-state index in [9.17, 15) is 14.7 Å². The summed E-state index contributed by atoms with van der Waals surface area (Å²) in [5.41, 5.74) is -0.281. The third-order valence-electron chi connectivity index (χ3n) is 4.20. The van der Waals surface area contributed by atoms with Gasteiger partial charge in [0, 0.05) is 12.3 Å². The Morgan fingerprint density at radius 2 is 2.21 bits per heavy atom. The molecule has 3 heteroatoms. The second-order valence-corrected chi connectivity index (χ2v) is 5.12. The molecule has 0 aromatic carbocycles. The Bertz CT molecular complexity index is 297. The van der Waals surface area contributed by atoms with Gasteiger partial charge in [-0.25, -0.2) is 0 Å². The molecule has 14 heavy (non-hydrogen) atoms. The van der Waals surface area contributed by atoms with Crippen LogP contribution in [0.25, 0.3) is 0 Å². The minimum Gasteiger partial charge on any atom is -0.481 e. The zero-order valence-corrected chi connectivity index (χ0v) is 8.62. The highest BCUT2D eigenvalue weighted by Crippen LogP contribution is 2.54.